The van der Waals surface area contributed by atoms with Gasteiger partial charge in [-0.3, -0.25) is 4.79 Å². The second-order valence-electron chi connectivity index (χ2n) is 7.74. The average Bonchev–Trinajstić information content (AvgIpc) is 3.14. The first-order valence-corrected chi connectivity index (χ1v) is 9.29. The number of carbonyl (C=O) groups excluding carboxylic acids is 1. The van der Waals surface area contributed by atoms with Gasteiger partial charge in [-0.15, -0.1) is 0 Å². The first-order chi connectivity index (χ1) is 13.7. The lowest BCUT2D eigenvalue weighted by Gasteiger charge is -2.28. The SMILES string of the molecule is COc1cc(OC)nc(Oc2cccc(C3(C)OCCO3)c2C(=O)C(C)(C)C)n1. The van der Waals surface area contributed by atoms with E-state index in [-0.39, 0.29) is 23.6 Å². The fraction of sp³-hybridized carbons (Fsp3) is 0.476. The van der Waals surface area contributed by atoms with Crippen molar-refractivity contribution in [2.45, 2.75) is 33.5 Å². The smallest absolute Gasteiger partial charge is 0.328 e. The highest BCUT2D eigenvalue weighted by atomic mass is 16.7. The van der Waals surface area contributed by atoms with E-state index in [1.807, 2.05) is 26.8 Å². The van der Waals surface area contributed by atoms with Gasteiger partial charge in [0.25, 0.3) is 0 Å². The number of hydrogen-bond donors (Lipinski definition) is 0. The molecule has 1 saturated heterocycles. The van der Waals surface area contributed by atoms with Crippen LogP contribution in [0.4, 0.5) is 0 Å². The summed E-state index contributed by atoms with van der Waals surface area (Å²) in [6, 6.07) is 6.81. The summed E-state index contributed by atoms with van der Waals surface area (Å²) >= 11 is 0. The maximum atomic E-state index is 13.4. The highest BCUT2D eigenvalue weighted by Gasteiger charge is 2.40. The monoisotopic (exact) mass is 402 g/mol. The molecule has 156 valence electrons. The Labute approximate surface area is 170 Å². The molecule has 0 atom stereocenters. The maximum absolute atomic E-state index is 13.4. The molecule has 0 amide bonds. The molecular weight excluding hydrogens is 376 g/mol. The Bertz CT molecular complexity index is 878. The summed E-state index contributed by atoms with van der Waals surface area (Å²) in [6.45, 7) is 8.23. The van der Waals surface area contributed by atoms with E-state index in [1.165, 1.54) is 20.3 Å². The zero-order chi connectivity index (χ0) is 21.2. The normalized spacial score (nSPS) is 15.8. The number of Topliss-reactive ketones (excluding diaryl/α,β-unsaturated/α-hetero) is 1. The Hall–Kier alpha value is -2.71. The van der Waals surface area contributed by atoms with Crippen molar-refractivity contribution >= 4 is 5.78 Å². The first-order valence-electron chi connectivity index (χ1n) is 9.29. The molecule has 8 nitrogen and oxygen atoms in total. The molecule has 0 spiro atoms. The fourth-order valence-corrected chi connectivity index (χ4v) is 3.01. The van der Waals surface area contributed by atoms with Gasteiger partial charge in [-0.2, -0.15) is 9.97 Å². The minimum absolute atomic E-state index is 0.000258. The van der Waals surface area contributed by atoms with Gasteiger partial charge in [0.1, 0.15) is 5.75 Å². The van der Waals surface area contributed by atoms with E-state index in [4.69, 9.17) is 23.7 Å². The van der Waals surface area contributed by atoms with Gasteiger partial charge in [-0.25, -0.2) is 0 Å². The molecule has 0 radical (unpaired) electrons. The van der Waals surface area contributed by atoms with Crippen LogP contribution < -0.4 is 14.2 Å². The largest absolute Gasteiger partial charge is 0.481 e. The van der Waals surface area contributed by atoms with E-state index in [1.54, 1.807) is 19.1 Å². The van der Waals surface area contributed by atoms with Crippen molar-refractivity contribution in [3.05, 3.63) is 35.4 Å². The van der Waals surface area contributed by atoms with E-state index >= 15 is 0 Å². The van der Waals surface area contributed by atoms with Crippen LogP contribution >= 0.6 is 0 Å². The number of carbonyl (C=O) groups is 1. The van der Waals surface area contributed by atoms with Crippen LogP contribution in [0.3, 0.4) is 0 Å². The number of rotatable bonds is 6. The van der Waals surface area contributed by atoms with Crippen LogP contribution in [-0.2, 0) is 15.3 Å². The van der Waals surface area contributed by atoms with Crippen molar-refractivity contribution < 1.29 is 28.5 Å². The minimum atomic E-state index is -1.04. The molecule has 3 rings (SSSR count). The van der Waals surface area contributed by atoms with Crippen molar-refractivity contribution in [3.8, 4) is 23.5 Å². The summed E-state index contributed by atoms with van der Waals surface area (Å²) in [5, 5.41) is 0. The third kappa shape index (κ3) is 4.33. The van der Waals surface area contributed by atoms with Crippen molar-refractivity contribution in [1.82, 2.24) is 9.97 Å². The van der Waals surface area contributed by atoms with Crippen molar-refractivity contribution in [1.29, 1.82) is 0 Å². The van der Waals surface area contributed by atoms with Crippen LogP contribution in [0.5, 0.6) is 23.5 Å². The van der Waals surface area contributed by atoms with Gasteiger partial charge in [0.2, 0.25) is 11.8 Å². The lowest BCUT2D eigenvalue weighted by Crippen LogP contribution is -2.29. The van der Waals surface area contributed by atoms with E-state index < -0.39 is 11.2 Å². The van der Waals surface area contributed by atoms with Gasteiger partial charge >= 0.3 is 6.01 Å². The topological polar surface area (TPSA) is 89.0 Å². The highest BCUT2D eigenvalue weighted by molar-refractivity contribution is 6.03. The van der Waals surface area contributed by atoms with Crippen LogP contribution in [0, 0.1) is 5.41 Å². The molecule has 0 saturated carbocycles. The molecule has 1 fully saturated rings. The Morgan fingerprint density at radius 1 is 1.07 bits per heavy atom. The first kappa shape index (κ1) is 21.0. The predicted octanol–water partition coefficient (Wildman–Crippen LogP) is 3.73. The van der Waals surface area contributed by atoms with Crippen LogP contribution in [0.2, 0.25) is 0 Å². The minimum Gasteiger partial charge on any atom is -0.481 e. The Balaban J connectivity index is 2.13. The molecule has 1 aromatic heterocycles. The molecule has 1 aliphatic heterocycles. The fourth-order valence-electron chi connectivity index (χ4n) is 3.01. The van der Waals surface area contributed by atoms with E-state index in [2.05, 4.69) is 9.97 Å². The zero-order valence-electron chi connectivity index (χ0n) is 17.6. The lowest BCUT2D eigenvalue weighted by molar-refractivity contribution is -0.150. The number of aromatic nitrogens is 2. The van der Waals surface area contributed by atoms with Gasteiger partial charge in [0, 0.05) is 11.0 Å². The number of ketones is 1. The molecule has 2 aromatic rings. The number of benzene rings is 1. The van der Waals surface area contributed by atoms with Crippen molar-refractivity contribution in [2.75, 3.05) is 27.4 Å². The van der Waals surface area contributed by atoms with Crippen molar-refractivity contribution in [2.24, 2.45) is 5.41 Å². The predicted molar refractivity (Wildman–Crippen MR) is 105 cm³/mol. The molecule has 0 unspecified atom stereocenters. The van der Waals surface area contributed by atoms with Gasteiger partial charge in [0.05, 0.1) is 39.1 Å². The third-order valence-corrected chi connectivity index (χ3v) is 4.54. The van der Waals surface area contributed by atoms with Gasteiger partial charge < -0.3 is 23.7 Å². The lowest BCUT2D eigenvalue weighted by atomic mass is 9.82. The van der Waals surface area contributed by atoms with Gasteiger partial charge in [-0.1, -0.05) is 32.9 Å². The van der Waals surface area contributed by atoms with Crippen LogP contribution in [0.25, 0.3) is 0 Å². The van der Waals surface area contributed by atoms with Crippen LogP contribution in [0.15, 0.2) is 24.3 Å². The Morgan fingerprint density at radius 2 is 1.66 bits per heavy atom. The molecule has 1 aromatic carbocycles. The molecule has 2 heterocycles. The number of ether oxygens (including phenoxy) is 5. The highest BCUT2D eigenvalue weighted by Crippen LogP contribution is 2.40. The average molecular weight is 402 g/mol. The molecule has 8 heteroatoms. The van der Waals surface area contributed by atoms with Gasteiger partial charge in [-0.05, 0) is 13.0 Å². The molecule has 0 aliphatic carbocycles. The number of nitrogens with zero attached hydrogens (tertiary/aromatic N) is 2. The molecule has 1 aliphatic rings. The molecule has 29 heavy (non-hydrogen) atoms. The number of hydrogen-bond acceptors (Lipinski definition) is 8. The standard InChI is InChI=1S/C21H26N2O6/c1-20(2,3)18(24)17-13(21(4)27-10-11-28-21)8-7-9-14(17)29-19-22-15(25-5)12-16(23-19)26-6/h7-9,12H,10-11H2,1-6H3. The van der Waals surface area contributed by atoms with E-state index in [0.717, 1.165) is 0 Å². The number of methoxy groups -OCH3 is 2. The Kier molecular flexibility index (Phi) is 5.77. The second kappa shape index (κ2) is 7.96. The molecule has 0 N–H and O–H groups in total. The zero-order valence-corrected chi connectivity index (χ0v) is 17.6. The van der Waals surface area contributed by atoms with E-state index in [9.17, 15) is 4.79 Å². The second-order valence-corrected chi connectivity index (χ2v) is 7.74. The molecule has 0 bridgehead atoms. The third-order valence-electron chi connectivity index (χ3n) is 4.54. The summed E-state index contributed by atoms with van der Waals surface area (Å²) in [5.74, 6) is -0.290. The van der Waals surface area contributed by atoms with E-state index in [0.29, 0.717) is 30.1 Å². The molecular formula is C21H26N2O6. The van der Waals surface area contributed by atoms with Crippen LogP contribution in [0.1, 0.15) is 43.6 Å². The van der Waals surface area contributed by atoms with Crippen LogP contribution in [-0.4, -0.2) is 43.2 Å². The summed E-state index contributed by atoms with van der Waals surface area (Å²) in [6.07, 6.45) is 0. The summed E-state index contributed by atoms with van der Waals surface area (Å²) in [7, 11) is 2.96. The quantitative estimate of drug-likeness (QED) is 0.675. The van der Waals surface area contributed by atoms with Crippen molar-refractivity contribution in [3.63, 3.8) is 0 Å². The Morgan fingerprint density at radius 3 is 2.17 bits per heavy atom. The maximum Gasteiger partial charge on any atom is 0.328 e. The summed E-state index contributed by atoms with van der Waals surface area (Å²) < 4.78 is 27.9. The summed E-state index contributed by atoms with van der Waals surface area (Å²) in [5.41, 5.74) is 0.313. The summed E-state index contributed by atoms with van der Waals surface area (Å²) in [4.78, 5) is 21.7. The van der Waals surface area contributed by atoms with Gasteiger partial charge in [0.15, 0.2) is 11.6 Å².